The molecule has 123 valence electrons. The predicted molar refractivity (Wildman–Crippen MR) is 98.9 cm³/mol. The smallest absolute Gasteiger partial charge is 0.355 e. The van der Waals surface area contributed by atoms with Crippen LogP contribution in [-0.2, 0) is 17.1 Å². The number of rotatable bonds is 0. The van der Waals surface area contributed by atoms with E-state index < -0.39 is 0 Å². The van der Waals surface area contributed by atoms with Crippen LogP contribution in [0.2, 0.25) is 0 Å². The molecule has 0 saturated carbocycles. The molecule has 8 bridgehead atoms. The maximum absolute atomic E-state index is 4.63. The maximum atomic E-state index is 4.63. The Labute approximate surface area is 193 Å². The minimum atomic E-state index is 0. The van der Waals surface area contributed by atoms with Gasteiger partial charge in [0.25, 0.3) is 0 Å². The molecule has 3 aromatic heterocycles. The van der Waals surface area contributed by atoms with Crippen molar-refractivity contribution in [2.24, 2.45) is 0 Å². The number of hydrogen-bond donors (Lipinski definition) is 2. The maximum Gasteiger partial charge on any atom is 3.00 e. The van der Waals surface area contributed by atoms with E-state index in [9.17, 15) is 0 Å². The molecular formula is C20H14GdMnN4+6. The molecule has 2 N–H and O–H groups in total. The van der Waals surface area contributed by atoms with E-state index in [1.54, 1.807) is 0 Å². The summed E-state index contributed by atoms with van der Waals surface area (Å²) in [4.78, 5) is 16.0. The molecule has 2 aliphatic heterocycles. The van der Waals surface area contributed by atoms with E-state index in [-0.39, 0.29) is 57.0 Å². The zero-order valence-corrected chi connectivity index (χ0v) is 17.0. The third-order valence-corrected chi connectivity index (χ3v) is 4.04. The van der Waals surface area contributed by atoms with Gasteiger partial charge in [-0.1, -0.05) is 0 Å². The van der Waals surface area contributed by atoms with Crippen molar-refractivity contribution in [1.29, 1.82) is 0 Å². The van der Waals surface area contributed by atoms with Crippen LogP contribution in [0.3, 0.4) is 0 Å². The summed E-state index contributed by atoms with van der Waals surface area (Å²) in [6, 6.07) is 16.4. The van der Waals surface area contributed by atoms with Crippen LogP contribution >= 0.6 is 0 Å². The molecule has 1 radical (unpaired) electrons. The van der Waals surface area contributed by atoms with Crippen LogP contribution in [0.1, 0.15) is 22.8 Å². The van der Waals surface area contributed by atoms with Gasteiger partial charge in [-0.15, -0.1) is 0 Å². The van der Waals surface area contributed by atoms with Crippen molar-refractivity contribution in [3.63, 3.8) is 0 Å². The van der Waals surface area contributed by atoms with E-state index >= 15 is 0 Å². The third kappa shape index (κ3) is 4.06. The number of fused-ring (bicyclic) bond motifs is 8. The fraction of sp³-hybridized carbons (Fsp3) is 0. The Hall–Kier alpha value is -1.56. The summed E-state index contributed by atoms with van der Waals surface area (Å²) in [7, 11) is 0. The van der Waals surface area contributed by atoms with Crippen molar-refractivity contribution >= 4 is 46.4 Å². The molecule has 5 heterocycles. The van der Waals surface area contributed by atoms with Crippen LogP contribution in [0, 0.1) is 39.9 Å². The van der Waals surface area contributed by atoms with Crippen LogP contribution in [0.25, 0.3) is 46.4 Å². The van der Waals surface area contributed by atoms with Crippen LogP contribution in [-0.4, -0.2) is 19.9 Å². The molecule has 0 spiro atoms. The molecule has 0 saturated heterocycles. The Bertz CT molecular complexity index is 996. The summed E-state index contributed by atoms with van der Waals surface area (Å²) >= 11 is 0. The van der Waals surface area contributed by atoms with Crippen molar-refractivity contribution in [2.45, 2.75) is 0 Å². The molecule has 0 aliphatic carbocycles. The first-order chi connectivity index (χ1) is 11.8. The van der Waals surface area contributed by atoms with Gasteiger partial charge in [-0.05, 0) is 72.8 Å². The summed E-state index contributed by atoms with van der Waals surface area (Å²) in [5, 5.41) is 0. The number of nitrogens with zero attached hydrogens (tertiary/aromatic N) is 2. The molecule has 3 aromatic rings. The average molecular weight is 523 g/mol. The van der Waals surface area contributed by atoms with Crippen LogP contribution < -0.4 is 0 Å². The largest absolute Gasteiger partial charge is 3.00 e. The minimum Gasteiger partial charge on any atom is -0.355 e. The van der Waals surface area contributed by atoms with Gasteiger partial charge in [-0.3, -0.25) is 0 Å². The Morgan fingerprint density at radius 3 is 1.04 bits per heavy atom. The Kier molecular flexibility index (Phi) is 5.90. The van der Waals surface area contributed by atoms with Crippen LogP contribution in [0.5, 0.6) is 0 Å². The molecule has 4 nitrogen and oxygen atoms in total. The molecule has 26 heavy (non-hydrogen) atoms. The monoisotopic (exact) mass is 523 g/mol. The summed E-state index contributed by atoms with van der Waals surface area (Å²) in [6.07, 6.45) is 8.09. The fourth-order valence-electron chi connectivity index (χ4n) is 2.94. The van der Waals surface area contributed by atoms with Gasteiger partial charge in [0.1, 0.15) is 0 Å². The van der Waals surface area contributed by atoms with Crippen LogP contribution in [0.4, 0.5) is 0 Å². The SMILES string of the molecule is C1=Cc2cc3ccc(cc4nc(cc5ccc(cc1n2)[nH]5)C=C4)[nH]3.[Gd+3].[Mn+3]. The number of aromatic amines is 2. The van der Waals surface area contributed by atoms with Crippen LogP contribution in [0.15, 0.2) is 48.5 Å². The van der Waals surface area contributed by atoms with E-state index in [4.69, 9.17) is 0 Å². The number of aromatic nitrogens is 4. The average Bonchev–Trinajstić information content (AvgIpc) is 3.32. The summed E-state index contributed by atoms with van der Waals surface area (Å²) in [5.41, 5.74) is 7.86. The Balaban J connectivity index is 0.000000980. The first kappa shape index (κ1) is 19.2. The van der Waals surface area contributed by atoms with Gasteiger partial charge in [0.2, 0.25) is 0 Å². The number of H-pyrrole nitrogens is 2. The van der Waals surface area contributed by atoms with Crippen molar-refractivity contribution in [3.8, 4) is 0 Å². The molecule has 0 amide bonds. The van der Waals surface area contributed by atoms with Gasteiger partial charge in [-0.25, -0.2) is 9.97 Å². The third-order valence-electron chi connectivity index (χ3n) is 4.04. The van der Waals surface area contributed by atoms with Gasteiger partial charge < -0.3 is 9.97 Å². The van der Waals surface area contributed by atoms with Gasteiger partial charge in [-0.2, -0.15) is 0 Å². The van der Waals surface area contributed by atoms with Gasteiger partial charge >= 0.3 is 57.0 Å². The van der Waals surface area contributed by atoms with E-state index in [1.807, 2.05) is 48.6 Å². The normalized spacial score (nSPS) is 11.7. The van der Waals surface area contributed by atoms with Gasteiger partial charge in [0.05, 0.1) is 22.8 Å². The summed E-state index contributed by atoms with van der Waals surface area (Å²) in [5.74, 6) is 0. The van der Waals surface area contributed by atoms with E-state index in [0.717, 1.165) is 44.8 Å². The van der Waals surface area contributed by atoms with Crippen molar-refractivity contribution in [2.75, 3.05) is 0 Å². The minimum absolute atomic E-state index is 0. The van der Waals surface area contributed by atoms with Crippen molar-refractivity contribution in [1.82, 2.24) is 19.9 Å². The molecule has 0 unspecified atom stereocenters. The number of hydrogen-bond acceptors (Lipinski definition) is 2. The second-order valence-electron chi connectivity index (χ2n) is 5.91. The Morgan fingerprint density at radius 2 is 0.769 bits per heavy atom. The van der Waals surface area contributed by atoms with Gasteiger partial charge in [0.15, 0.2) is 0 Å². The molecule has 0 aromatic carbocycles. The zero-order chi connectivity index (χ0) is 15.9. The first-order valence-electron chi connectivity index (χ1n) is 7.85. The molecule has 6 heteroatoms. The molecule has 0 fully saturated rings. The topological polar surface area (TPSA) is 57.4 Å². The second kappa shape index (κ2) is 7.99. The van der Waals surface area contributed by atoms with E-state index in [0.29, 0.717) is 0 Å². The second-order valence-corrected chi connectivity index (χ2v) is 5.91. The zero-order valence-electron chi connectivity index (χ0n) is 13.6. The van der Waals surface area contributed by atoms with Crippen molar-refractivity contribution < 1.29 is 57.0 Å². The van der Waals surface area contributed by atoms with E-state index in [1.165, 1.54) is 0 Å². The molecular weight excluding hydrogens is 508 g/mol. The first-order valence-corrected chi connectivity index (χ1v) is 7.85. The summed E-state index contributed by atoms with van der Waals surface area (Å²) in [6.45, 7) is 0. The van der Waals surface area contributed by atoms with Gasteiger partial charge in [0, 0.05) is 22.1 Å². The standard InChI is InChI=1S/C20H14N4.Gd.Mn/c1-2-14-10-16-5-6-18(23-16)12-20-8-7-19(24-20)11-17-4-3-15(22-17)9-13(1)21-14;;/h1-12,21,24H;;/q;2*+3. The summed E-state index contributed by atoms with van der Waals surface area (Å²) < 4.78 is 0. The quantitative estimate of drug-likeness (QED) is 0.291. The van der Waals surface area contributed by atoms with E-state index in [2.05, 4.69) is 44.2 Å². The van der Waals surface area contributed by atoms with Crippen molar-refractivity contribution in [3.05, 3.63) is 71.3 Å². The number of nitrogens with one attached hydrogen (secondary N) is 2. The predicted octanol–water partition coefficient (Wildman–Crippen LogP) is 4.65. The Morgan fingerprint density at radius 1 is 0.500 bits per heavy atom. The molecule has 2 aliphatic rings. The fourth-order valence-corrected chi connectivity index (χ4v) is 2.94. The molecule has 0 atom stereocenters. The molecule has 5 rings (SSSR count).